The quantitative estimate of drug-likeness (QED) is 0.497. The number of amidine groups is 1. The van der Waals surface area contributed by atoms with Crippen molar-refractivity contribution < 1.29 is 4.79 Å². The van der Waals surface area contributed by atoms with Crippen molar-refractivity contribution in [2.75, 3.05) is 10.6 Å². The van der Waals surface area contributed by atoms with Crippen LogP contribution in [0, 0.1) is 12.8 Å². The van der Waals surface area contributed by atoms with Crippen LogP contribution in [0.25, 0.3) is 0 Å². The van der Waals surface area contributed by atoms with Crippen molar-refractivity contribution in [2.24, 2.45) is 10.9 Å². The highest BCUT2D eigenvalue weighted by Gasteiger charge is 2.21. The van der Waals surface area contributed by atoms with Crippen LogP contribution >= 0.6 is 0 Å². The topological polar surface area (TPSA) is 65.5 Å². The third kappa shape index (κ3) is 5.06. The van der Waals surface area contributed by atoms with Crippen LogP contribution in [0.2, 0.25) is 0 Å². The van der Waals surface area contributed by atoms with Gasteiger partial charge in [-0.1, -0.05) is 67.6 Å². The molecule has 4 rings (SSSR count). The number of benzene rings is 3. The Labute approximate surface area is 189 Å². The van der Waals surface area contributed by atoms with E-state index in [0.717, 1.165) is 39.6 Å². The molecule has 1 aliphatic rings. The Kier molecular flexibility index (Phi) is 6.36. The fraction of sp³-hybridized carbons (Fsp3) is 0.185. The monoisotopic (exact) mass is 424 g/mol. The Balaban J connectivity index is 1.52. The maximum atomic E-state index is 12.7. The fourth-order valence-corrected chi connectivity index (χ4v) is 3.74. The van der Waals surface area contributed by atoms with Crippen molar-refractivity contribution in [3.63, 3.8) is 0 Å². The number of para-hydroxylation sites is 1. The van der Waals surface area contributed by atoms with E-state index in [1.165, 1.54) is 0 Å². The van der Waals surface area contributed by atoms with E-state index in [1.807, 2.05) is 87.5 Å². The molecule has 5 heteroatoms. The first kappa shape index (κ1) is 21.4. The summed E-state index contributed by atoms with van der Waals surface area (Å²) in [6, 6.07) is 26.1. The summed E-state index contributed by atoms with van der Waals surface area (Å²) in [6.45, 7) is 5.86. The summed E-state index contributed by atoms with van der Waals surface area (Å²) in [7, 11) is 0. The Hall–Kier alpha value is -3.86. The summed E-state index contributed by atoms with van der Waals surface area (Å²) in [5.41, 5.74) is 5.91. The Morgan fingerprint density at radius 1 is 1.00 bits per heavy atom. The summed E-state index contributed by atoms with van der Waals surface area (Å²) >= 11 is 0. The molecule has 1 heterocycles. The molecule has 162 valence electrons. The van der Waals surface area contributed by atoms with Gasteiger partial charge in [-0.3, -0.25) is 4.79 Å². The van der Waals surface area contributed by atoms with Gasteiger partial charge in [-0.15, -0.1) is 0 Å². The van der Waals surface area contributed by atoms with Crippen LogP contribution in [0.15, 0.2) is 95.6 Å². The highest BCUT2D eigenvalue weighted by molar-refractivity contribution is 6.05. The van der Waals surface area contributed by atoms with Gasteiger partial charge in [0.15, 0.2) is 0 Å². The summed E-state index contributed by atoms with van der Waals surface area (Å²) in [5.74, 6) is 0.435. The molecular formula is C27H28N4O. The minimum absolute atomic E-state index is 0.0495. The lowest BCUT2D eigenvalue weighted by Gasteiger charge is -2.26. The highest BCUT2D eigenvalue weighted by atomic mass is 16.1. The molecule has 0 saturated heterocycles. The third-order valence-electron chi connectivity index (χ3n) is 5.36. The van der Waals surface area contributed by atoms with Crippen molar-refractivity contribution in [3.8, 4) is 0 Å². The van der Waals surface area contributed by atoms with E-state index in [4.69, 9.17) is 4.99 Å². The molecule has 0 aliphatic carbocycles. The zero-order valence-corrected chi connectivity index (χ0v) is 18.6. The molecule has 0 aromatic heterocycles. The molecule has 3 aromatic rings. The van der Waals surface area contributed by atoms with Gasteiger partial charge in [-0.25, -0.2) is 4.99 Å². The van der Waals surface area contributed by atoms with Crippen molar-refractivity contribution >= 4 is 23.1 Å². The first-order valence-corrected chi connectivity index (χ1v) is 10.8. The Morgan fingerprint density at radius 3 is 2.53 bits per heavy atom. The van der Waals surface area contributed by atoms with Crippen LogP contribution < -0.4 is 16.0 Å². The van der Waals surface area contributed by atoms with E-state index >= 15 is 0 Å². The molecule has 0 spiro atoms. The number of anilines is 2. The lowest BCUT2D eigenvalue weighted by atomic mass is 10.1. The van der Waals surface area contributed by atoms with Gasteiger partial charge < -0.3 is 16.0 Å². The number of fused-ring (bicyclic) bond motifs is 1. The van der Waals surface area contributed by atoms with E-state index in [2.05, 4.69) is 34.1 Å². The summed E-state index contributed by atoms with van der Waals surface area (Å²) < 4.78 is 0. The van der Waals surface area contributed by atoms with E-state index in [1.54, 1.807) is 0 Å². The molecule has 0 saturated carbocycles. The van der Waals surface area contributed by atoms with Crippen molar-refractivity contribution in [3.05, 3.63) is 107 Å². The smallest absolute Gasteiger partial charge is 0.231 e. The van der Waals surface area contributed by atoms with Crippen LogP contribution in [-0.2, 0) is 4.79 Å². The van der Waals surface area contributed by atoms with Crippen LogP contribution in [0.4, 0.5) is 11.4 Å². The minimum atomic E-state index is -0.300. The highest BCUT2D eigenvalue weighted by Crippen LogP contribution is 2.29. The summed E-state index contributed by atoms with van der Waals surface area (Å²) in [5, 5.41) is 9.91. The second-order valence-electron chi connectivity index (χ2n) is 8.10. The molecule has 32 heavy (non-hydrogen) atoms. The number of aryl methyl sites for hydroxylation is 1. The van der Waals surface area contributed by atoms with Crippen molar-refractivity contribution in [2.45, 2.75) is 26.9 Å². The molecule has 0 fully saturated rings. The lowest BCUT2D eigenvalue weighted by molar-refractivity contribution is -0.118. The normalized spacial score (nSPS) is 16.3. The number of allylic oxidation sites excluding steroid dienone is 1. The average molecular weight is 425 g/mol. The average Bonchev–Trinajstić information content (AvgIpc) is 2.79. The first-order chi connectivity index (χ1) is 15.5. The molecular weight excluding hydrogens is 396 g/mol. The number of carbonyl (C=O) groups excluding carboxylic acids is 1. The van der Waals surface area contributed by atoms with E-state index in [-0.39, 0.29) is 18.0 Å². The van der Waals surface area contributed by atoms with Gasteiger partial charge in [0.2, 0.25) is 5.91 Å². The first-order valence-electron chi connectivity index (χ1n) is 10.8. The number of hydrogen-bond donors (Lipinski definition) is 3. The van der Waals surface area contributed by atoms with E-state index in [0.29, 0.717) is 0 Å². The zero-order valence-electron chi connectivity index (χ0n) is 18.6. The van der Waals surface area contributed by atoms with E-state index < -0.39 is 0 Å². The number of amides is 1. The van der Waals surface area contributed by atoms with Crippen molar-refractivity contribution in [1.29, 1.82) is 0 Å². The zero-order chi connectivity index (χ0) is 22.5. The Morgan fingerprint density at radius 2 is 1.75 bits per heavy atom. The van der Waals surface area contributed by atoms with Crippen LogP contribution in [-0.4, -0.2) is 11.7 Å². The lowest BCUT2D eigenvalue weighted by Crippen LogP contribution is -2.30. The molecule has 3 aromatic carbocycles. The number of hydrogen-bond acceptors (Lipinski definition) is 4. The number of nitrogens with one attached hydrogen (secondary N) is 3. The van der Waals surface area contributed by atoms with Crippen LogP contribution in [0.1, 0.15) is 36.7 Å². The molecule has 2 atom stereocenters. The van der Waals surface area contributed by atoms with Gasteiger partial charge in [-0.2, -0.15) is 0 Å². The van der Waals surface area contributed by atoms with Gasteiger partial charge in [0, 0.05) is 22.6 Å². The molecule has 1 aliphatic heterocycles. The summed E-state index contributed by atoms with van der Waals surface area (Å²) in [4.78, 5) is 17.6. The van der Waals surface area contributed by atoms with Gasteiger partial charge in [0.05, 0.1) is 5.92 Å². The minimum Gasteiger partial charge on any atom is -0.359 e. The van der Waals surface area contributed by atoms with Crippen LogP contribution in [0.5, 0.6) is 0 Å². The SMILES string of the molecule is C/C(=C\C(C)C(=O)Nc1cccc(C)c1)NC1=NC(c2ccccc2)Nc2ccccc21. The van der Waals surface area contributed by atoms with Gasteiger partial charge >= 0.3 is 0 Å². The van der Waals surface area contributed by atoms with Crippen LogP contribution in [0.3, 0.4) is 0 Å². The largest absolute Gasteiger partial charge is 0.359 e. The van der Waals surface area contributed by atoms with E-state index in [9.17, 15) is 4.79 Å². The summed E-state index contributed by atoms with van der Waals surface area (Å²) in [6.07, 6.45) is 1.75. The fourth-order valence-electron chi connectivity index (χ4n) is 3.74. The molecule has 1 amide bonds. The molecule has 3 N–H and O–H groups in total. The number of nitrogens with zero attached hydrogens (tertiary/aromatic N) is 1. The molecule has 0 bridgehead atoms. The maximum Gasteiger partial charge on any atom is 0.231 e. The standard InChI is InChI=1S/C27H28N4O/c1-18-10-9-13-22(16-18)29-27(32)19(2)17-20(3)28-26-23-14-7-8-15-24(23)30-25(31-26)21-11-5-4-6-12-21/h4-17,19,25,30H,1-3H3,(H,28,31)(H,29,32)/b20-17+. The molecule has 2 unspecified atom stereocenters. The number of aliphatic imine (C=N–C) groups is 1. The predicted octanol–water partition coefficient (Wildman–Crippen LogP) is 5.63. The van der Waals surface area contributed by atoms with Crippen molar-refractivity contribution in [1.82, 2.24) is 5.32 Å². The van der Waals surface area contributed by atoms with Gasteiger partial charge in [-0.05, 0) is 49.2 Å². The number of rotatable bonds is 5. The van der Waals surface area contributed by atoms with Gasteiger partial charge in [0.1, 0.15) is 12.0 Å². The van der Waals surface area contributed by atoms with Gasteiger partial charge in [0.25, 0.3) is 0 Å². The Bertz CT molecular complexity index is 1170. The molecule has 5 nitrogen and oxygen atoms in total. The second-order valence-corrected chi connectivity index (χ2v) is 8.10. The second kappa shape index (κ2) is 9.52. The number of carbonyl (C=O) groups is 1. The maximum absolute atomic E-state index is 12.7. The third-order valence-corrected chi connectivity index (χ3v) is 5.36. The predicted molar refractivity (Wildman–Crippen MR) is 132 cm³/mol. The molecule has 0 radical (unpaired) electrons.